The fourth-order valence-electron chi connectivity index (χ4n) is 2.23. The van der Waals surface area contributed by atoms with E-state index in [2.05, 4.69) is 4.98 Å². The van der Waals surface area contributed by atoms with Crippen molar-refractivity contribution in [2.75, 3.05) is 5.75 Å². The molecule has 152 valence electrons. The van der Waals surface area contributed by atoms with Crippen molar-refractivity contribution in [3.05, 3.63) is 41.6 Å². The molecule has 1 N–H and O–H groups in total. The van der Waals surface area contributed by atoms with Gasteiger partial charge in [0, 0.05) is 22.4 Å². The van der Waals surface area contributed by atoms with Crippen molar-refractivity contribution in [2.45, 2.75) is 28.4 Å². The van der Waals surface area contributed by atoms with Gasteiger partial charge in [0.15, 0.2) is 0 Å². The maximum atomic E-state index is 12.9. The SMILES string of the molecule is CCS(=O)c1cc(C(F)(F)F)cnc1-c1ccc(SC(F)(F)F)cc1C(=O)O. The summed E-state index contributed by atoms with van der Waals surface area (Å²) < 4.78 is 88.6. The summed E-state index contributed by atoms with van der Waals surface area (Å²) in [5, 5.41) is 9.35. The average Bonchev–Trinajstić information content (AvgIpc) is 2.58. The molecule has 28 heavy (non-hydrogen) atoms. The number of carboxylic acids is 1. The van der Waals surface area contributed by atoms with Crippen LogP contribution in [0.25, 0.3) is 11.3 Å². The number of rotatable bonds is 5. The molecule has 1 unspecified atom stereocenters. The summed E-state index contributed by atoms with van der Waals surface area (Å²) in [5.41, 5.74) is -6.96. The lowest BCUT2D eigenvalue weighted by molar-refractivity contribution is -0.138. The third kappa shape index (κ3) is 5.25. The van der Waals surface area contributed by atoms with Gasteiger partial charge >= 0.3 is 17.7 Å². The van der Waals surface area contributed by atoms with E-state index < -0.39 is 56.2 Å². The van der Waals surface area contributed by atoms with Crippen LogP contribution < -0.4 is 0 Å². The molecule has 1 heterocycles. The number of nitrogens with zero attached hydrogens (tertiary/aromatic N) is 1. The van der Waals surface area contributed by atoms with Gasteiger partial charge in [-0.25, -0.2) is 4.79 Å². The Balaban J connectivity index is 2.69. The molecule has 1 aromatic heterocycles. The molecular weight excluding hydrogens is 432 g/mol. The Hall–Kier alpha value is -2.08. The van der Waals surface area contributed by atoms with Gasteiger partial charge in [0.25, 0.3) is 0 Å². The number of aromatic carboxylic acids is 1. The second kappa shape index (κ2) is 8.11. The van der Waals surface area contributed by atoms with Gasteiger partial charge in [0.2, 0.25) is 0 Å². The largest absolute Gasteiger partial charge is 0.478 e. The normalized spacial score (nSPS) is 13.4. The first-order valence-electron chi connectivity index (χ1n) is 7.42. The van der Waals surface area contributed by atoms with E-state index in [1.165, 1.54) is 6.92 Å². The minimum absolute atomic E-state index is 0.0690. The number of alkyl halides is 6. The number of hydrogen-bond acceptors (Lipinski definition) is 4. The highest BCUT2D eigenvalue weighted by Crippen LogP contribution is 2.40. The molecule has 0 fully saturated rings. The van der Waals surface area contributed by atoms with E-state index in [0.717, 1.165) is 18.2 Å². The van der Waals surface area contributed by atoms with Crippen molar-refractivity contribution in [3.8, 4) is 11.3 Å². The predicted molar refractivity (Wildman–Crippen MR) is 90.5 cm³/mol. The van der Waals surface area contributed by atoms with Crippen LogP contribution in [0.15, 0.2) is 40.3 Å². The highest BCUT2D eigenvalue weighted by atomic mass is 32.2. The molecule has 0 aliphatic rings. The second-order valence-corrected chi connectivity index (χ2v) is 8.11. The summed E-state index contributed by atoms with van der Waals surface area (Å²) in [6.07, 6.45) is -4.31. The zero-order chi connectivity index (χ0) is 21.3. The molecule has 0 spiro atoms. The van der Waals surface area contributed by atoms with E-state index in [1.54, 1.807) is 0 Å². The molecule has 0 bridgehead atoms. The van der Waals surface area contributed by atoms with E-state index in [0.29, 0.717) is 12.3 Å². The summed E-state index contributed by atoms with van der Waals surface area (Å²) in [6.45, 7) is 1.45. The third-order valence-corrected chi connectivity index (χ3v) is 5.44. The van der Waals surface area contributed by atoms with Crippen LogP contribution >= 0.6 is 11.8 Å². The molecule has 0 radical (unpaired) electrons. The summed E-state index contributed by atoms with van der Waals surface area (Å²) in [4.78, 5) is 14.4. The lowest BCUT2D eigenvalue weighted by atomic mass is 10.0. The minimum Gasteiger partial charge on any atom is -0.478 e. The van der Waals surface area contributed by atoms with Gasteiger partial charge in [-0.2, -0.15) is 26.3 Å². The molecule has 1 atom stereocenters. The van der Waals surface area contributed by atoms with Crippen molar-refractivity contribution in [3.63, 3.8) is 0 Å². The van der Waals surface area contributed by atoms with Crippen molar-refractivity contribution >= 4 is 28.5 Å². The van der Waals surface area contributed by atoms with Crippen LogP contribution in [0.5, 0.6) is 0 Å². The molecule has 0 amide bonds. The highest BCUT2D eigenvalue weighted by molar-refractivity contribution is 8.00. The fourth-order valence-corrected chi connectivity index (χ4v) is 3.76. The van der Waals surface area contributed by atoms with Gasteiger partial charge in [-0.1, -0.05) is 13.0 Å². The number of aromatic nitrogens is 1. The van der Waals surface area contributed by atoms with Crippen LogP contribution in [0.4, 0.5) is 26.3 Å². The molecular formula is C16H11F6NO3S2. The van der Waals surface area contributed by atoms with Crippen LogP contribution in [-0.4, -0.2) is 31.5 Å². The van der Waals surface area contributed by atoms with Crippen molar-refractivity contribution < 1.29 is 40.5 Å². The molecule has 12 heteroatoms. The molecule has 0 aliphatic carbocycles. The predicted octanol–water partition coefficient (Wildman–Crippen LogP) is 5.21. The standard InChI is InChI=1S/C16H11F6NO3S2/c1-2-28(26)12-5-8(15(17,18)19)7-23-13(12)10-4-3-9(27-16(20,21)22)6-11(10)14(24)25/h3-7H,2H2,1H3,(H,24,25). The number of carboxylic acid groups (broad SMARTS) is 1. The zero-order valence-electron chi connectivity index (χ0n) is 13.9. The maximum Gasteiger partial charge on any atom is 0.446 e. The first kappa shape index (κ1) is 22.2. The Morgan fingerprint density at radius 3 is 2.32 bits per heavy atom. The number of thioether (sulfide) groups is 1. The Kier molecular flexibility index (Phi) is 6.44. The van der Waals surface area contributed by atoms with Gasteiger partial charge in [-0.05, 0) is 30.0 Å². The molecule has 4 nitrogen and oxygen atoms in total. The maximum absolute atomic E-state index is 12.9. The fraction of sp³-hybridized carbons (Fsp3) is 0.250. The molecule has 2 rings (SSSR count). The molecule has 1 aromatic carbocycles. The highest BCUT2D eigenvalue weighted by Gasteiger charge is 2.33. The average molecular weight is 443 g/mol. The first-order valence-corrected chi connectivity index (χ1v) is 9.56. The zero-order valence-corrected chi connectivity index (χ0v) is 15.5. The summed E-state index contributed by atoms with van der Waals surface area (Å²) in [5.74, 6) is -1.67. The molecule has 0 aliphatic heterocycles. The second-order valence-electron chi connectivity index (χ2n) is 5.26. The van der Waals surface area contributed by atoms with Crippen LogP contribution in [0.2, 0.25) is 0 Å². The smallest absolute Gasteiger partial charge is 0.446 e. The van der Waals surface area contributed by atoms with Gasteiger partial charge in [0.05, 0.1) is 32.5 Å². The van der Waals surface area contributed by atoms with Crippen molar-refractivity contribution in [2.24, 2.45) is 0 Å². The minimum atomic E-state index is -4.76. The third-order valence-electron chi connectivity index (χ3n) is 3.40. The Morgan fingerprint density at radius 2 is 1.82 bits per heavy atom. The van der Waals surface area contributed by atoms with Gasteiger partial charge < -0.3 is 5.11 Å². The summed E-state index contributed by atoms with van der Waals surface area (Å²) >= 11 is -0.535. The Morgan fingerprint density at radius 1 is 1.18 bits per heavy atom. The number of halogens is 6. The van der Waals surface area contributed by atoms with E-state index >= 15 is 0 Å². The number of carbonyl (C=O) groups is 1. The summed E-state index contributed by atoms with van der Waals surface area (Å²) in [6, 6.07) is 3.32. The van der Waals surface area contributed by atoms with Crippen molar-refractivity contribution in [1.82, 2.24) is 4.98 Å². The van der Waals surface area contributed by atoms with E-state index in [1.807, 2.05) is 0 Å². The summed E-state index contributed by atoms with van der Waals surface area (Å²) in [7, 11) is -1.93. The van der Waals surface area contributed by atoms with Gasteiger partial charge in [-0.3, -0.25) is 9.19 Å². The lowest BCUT2D eigenvalue weighted by Crippen LogP contribution is -2.10. The lowest BCUT2D eigenvalue weighted by Gasteiger charge is -2.14. The van der Waals surface area contributed by atoms with Crippen LogP contribution in [-0.2, 0) is 17.0 Å². The first-order chi connectivity index (χ1) is 12.8. The van der Waals surface area contributed by atoms with Gasteiger partial charge in [-0.15, -0.1) is 0 Å². The molecule has 2 aromatic rings. The van der Waals surface area contributed by atoms with Crippen LogP contribution in [0.3, 0.4) is 0 Å². The quantitative estimate of drug-likeness (QED) is 0.508. The Labute approximate surface area is 161 Å². The molecule has 0 saturated carbocycles. The van der Waals surface area contributed by atoms with Crippen LogP contribution in [0, 0.1) is 0 Å². The van der Waals surface area contributed by atoms with Crippen LogP contribution in [0.1, 0.15) is 22.8 Å². The topological polar surface area (TPSA) is 67.3 Å². The van der Waals surface area contributed by atoms with Crippen molar-refractivity contribution in [1.29, 1.82) is 0 Å². The Bertz CT molecular complexity index is 928. The van der Waals surface area contributed by atoms with E-state index in [-0.39, 0.29) is 21.9 Å². The monoisotopic (exact) mass is 443 g/mol. The number of hydrogen-bond donors (Lipinski definition) is 1. The number of pyridine rings is 1. The number of benzene rings is 1. The van der Waals surface area contributed by atoms with E-state index in [4.69, 9.17) is 0 Å². The van der Waals surface area contributed by atoms with Gasteiger partial charge in [0.1, 0.15) is 0 Å². The molecule has 0 saturated heterocycles. The van der Waals surface area contributed by atoms with E-state index in [9.17, 15) is 40.5 Å².